The lowest BCUT2D eigenvalue weighted by molar-refractivity contribution is -0.119. The Hall–Kier alpha value is -2.57. The molecule has 1 aliphatic rings. The summed E-state index contributed by atoms with van der Waals surface area (Å²) in [5.41, 5.74) is 9.20. The Morgan fingerprint density at radius 3 is 2.54 bits per heavy atom. The van der Waals surface area contributed by atoms with Crippen LogP contribution in [0.2, 0.25) is 0 Å². The van der Waals surface area contributed by atoms with Crippen LogP contribution in [0, 0.1) is 6.92 Å². The van der Waals surface area contributed by atoms with E-state index in [4.69, 9.17) is 10.5 Å². The summed E-state index contributed by atoms with van der Waals surface area (Å²) in [6, 6.07) is 12.1. The van der Waals surface area contributed by atoms with E-state index in [0.717, 1.165) is 24.0 Å². The van der Waals surface area contributed by atoms with Crippen molar-refractivity contribution in [2.24, 2.45) is 5.73 Å². The van der Waals surface area contributed by atoms with E-state index < -0.39 is 6.04 Å². The zero-order chi connectivity index (χ0) is 19.4. The van der Waals surface area contributed by atoms with Crippen LogP contribution < -0.4 is 20.7 Å². The van der Waals surface area contributed by atoms with Crippen LogP contribution >= 0.6 is 12.4 Å². The molecule has 3 N–H and O–H groups in total. The predicted molar refractivity (Wildman–Crippen MR) is 113 cm³/mol. The molecule has 0 aromatic heterocycles. The molecule has 1 unspecified atom stereocenters. The van der Waals surface area contributed by atoms with Crippen molar-refractivity contribution in [3.05, 3.63) is 53.6 Å². The van der Waals surface area contributed by atoms with Crippen LogP contribution in [0.5, 0.6) is 5.75 Å². The average molecular weight is 404 g/mol. The fourth-order valence-corrected chi connectivity index (χ4v) is 3.18. The zero-order valence-electron chi connectivity index (χ0n) is 16.1. The molecule has 1 heterocycles. The minimum atomic E-state index is -0.771. The number of nitrogens with two attached hydrogens (primary N) is 1. The Kier molecular flexibility index (Phi) is 7.43. The number of hydrogen-bond donors (Lipinski definition) is 2. The highest BCUT2D eigenvalue weighted by molar-refractivity contribution is 5.99. The van der Waals surface area contributed by atoms with Gasteiger partial charge >= 0.3 is 0 Å². The Labute approximate surface area is 171 Å². The van der Waals surface area contributed by atoms with Crippen molar-refractivity contribution in [3.8, 4) is 5.75 Å². The molecule has 3 rings (SSSR count). The van der Waals surface area contributed by atoms with E-state index in [1.165, 1.54) is 0 Å². The summed E-state index contributed by atoms with van der Waals surface area (Å²) in [5.74, 6) is 0.366. The molecule has 0 saturated carbocycles. The summed E-state index contributed by atoms with van der Waals surface area (Å²) in [6.45, 7) is 2.63. The summed E-state index contributed by atoms with van der Waals surface area (Å²) >= 11 is 0. The number of nitrogens with zero attached hydrogens (tertiary/aromatic N) is 1. The maximum absolute atomic E-state index is 12.6. The summed E-state index contributed by atoms with van der Waals surface area (Å²) in [7, 11) is 1.57. The largest absolute Gasteiger partial charge is 0.495 e. The second-order valence-electron chi connectivity index (χ2n) is 6.77. The molecule has 2 aromatic rings. The number of anilines is 2. The van der Waals surface area contributed by atoms with E-state index in [9.17, 15) is 9.59 Å². The zero-order valence-corrected chi connectivity index (χ0v) is 16.9. The topological polar surface area (TPSA) is 84.7 Å². The molecule has 0 aliphatic carbocycles. The molecule has 28 heavy (non-hydrogen) atoms. The molecule has 1 fully saturated rings. The molecule has 0 bridgehead atoms. The second kappa shape index (κ2) is 9.57. The predicted octanol–water partition coefficient (Wildman–Crippen LogP) is 3.58. The first-order chi connectivity index (χ1) is 13.0. The lowest BCUT2D eigenvalue weighted by Crippen LogP contribution is -2.35. The Bertz CT molecular complexity index is 839. The third-order valence-corrected chi connectivity index (χ3v) is 4.78. The first-order valence-electron chi connectivity index (χ1n) is 9.11. The van der Waals surface area contributed by atoms with Gasteiger partial charge in [-0.3, -0.25) is 9.59 Å². The van der Waals surface area contributed by atoms with Gasteiger partial charge in [0, 0.05) is 18.7 Å². The maximum Gasteiger partial charge on any atom is 0.245 e. The van der Waals surface area contributed by atoms with Crippen LogP contribution in [0.1, 0.15) is 36.4 Å². The normalized spacial score (nSPS) is 14.8. The van der Waals surface area contributed by atoms with Crippen molar-refractivity contribution in [2.75, 3.05) is 23.9 Å². The maximum atomic E-state index is 12.6. The molecule has 7 heteroatoms. The van der Waals surface area contributed by atoms with Gasteiger partial charge in [-0.1, -0.05) is 29.8 Å². The van der Waals surface area contributed by atoms with Crippen LogP contribution in [0.3, 0.4) is 0 Å². The quantitative estimate of drug-likeness (QED) is 0.799. The molecular weight excluding hydrogens is 378 g/mol. The summed E-state index contributed by atoms with van der Waals surface area (Å²) in [6.07, 6.45) is 2.38. The number of amides is 2. The number of carbonyl (C=O) groups excluding carboxylic acids is 2. The number of piperidine rings is 1. The SMILES string of the molecule is COc1ccc(NC(=O)C(N)c2ccc(C)cc2)cc1N1CCCCC1=O.Cl. The van der Waals surface area contributed by atoms with Crippen molar-refractivity contribution in [1.29, 1.82) is 0 Å². The monoisotopic (exact) mass is 403 g/mol. The average Bonchev–Trinajstić information content (AvgIpc) is 2.68. The van der Waals surface area contributed by atoms with Crippen molar-refractivity contribution in [3.63, 3.8) is 0 Å². The van der Waals surface area contributed by atoms with Gasteiger partial charge in [-0.05, 0) is 43.5 Å². The molecule has 6 nitrogen and oxygen atoms in total. The van der Waals surface area contributed by atoms with E-state index in [1.54, 1.807) is 30.2 Å². The fourth-order valence-electron chi connectivity index (χ4n) is 3.18. The van der Waals surface area contributed by atoms with Gasteiger partial charge in [0.2, 0.25) is 11.8 Å². The van der Waals surface area contributed by atoms with Crippen molar-refractivity contribution < 1.29 is 14.3 Å². The van der Waals surface area contributed by atoms with Crippen LogP contribution in [-0.4, -0.2) is 25.5 Å². The number of methoxy groups -OCH3 is 1. The molecule has 1 saturated heterocycles. The van der Waals surface area contributed by atoms with E-state index in [-0.39, 0.29) is 24.2 Å². The number of nitrogens with one attached hydrogen (secondary N) is 1. The number of carbonyl (C=O) groups is 2. The third kappa shape index (κ3) is 4.82. The van der Waals surface area contributed by atoms with Crippen molar-refractivity contribution in [1.82, 2.24) is 0 Å². The van der Waals surface area contributed by atoms with Gasteiger partial charge in [0.1, 0.15) is 11.8 Å². The van der Waals surface area contributed by atoms with Gasteiger partial charge < -0.3 is 20.7 Å². The van der Waals surface area contributed by atoms with Crippen LogP contribution in [0.4, 0.5) is 11.4 Å². The lowest BCUT2D eigenvalue weighted by atomic mass is 10.1. The van der Waals surface area contributed by atoms with Crippen molar-refractivity contribution in [2.45, 2.75) is 32.2 Å². The number of rotatable bonds is 5. The molecule has 1 aliphatic heterocycles. The first-order valence-corrected chi connectivity index (χ1v) is 9.11. The fraction of sp³-hybridized carbons (Fsp3) is 0.333. The Morgan fingerprint density at radius 1 is 1.18 bits per heavy atom. The summed E-state index contributed by atoms with van der Waals surface area (Å²) in [4.78, 5) is 26.6. The highest BCUT2D eigenvalue weighted by Crippen LogP contribution is 2.33. The van der Waals surface area contributed by atoms with Gasteiger partial charge in [-0.15, -0.1) is 12.4 Å². The molecule has 2 aromatic carbocycles. The van der Waals surface area contributed by atoms with Crippen LogP contribution in [0.25, 0.3) is 0 Å². The summed E-state index contributed by atoms with van der Waals surface area (Å²) in [5, 5.41) is 2.84. The van der Waals surface area contributed by atoms with Gasteiger partial charge in [0.25, 0.3) is 0 Å². The molecule has 0 spiro atoms. The van der Waals surface area contributed by atoms with Crippen LogP contribution in [-0.2, 0) is 9.59 Å². The molecular formula is C21H26ClN3O3. The molecule has 0 radical (unpaired) electrons. The van der Waals surface area contributed by atoms with Gasteiger partial charge in [0.15, 0.2) is 0 Å². The van der Waals surface area contributed by atoms with Crippen LogP contribution in [0.15, 0.2) is 42.5 Å². The highest BCUT2D eigenvalue weighted by Gasteiger charge is 2.23. The van der Waals surface area contributed by atoms with E-state index in [0.29, 0.717) is 30.1 Å². The lowest BCUT2D eigenvalue weighted by Gasteiger charge is -2.28. The highest BCUT2D eigenvalue weighted by atomic mass is 35.5. The van der Waals surface area contributed by atoms with E-state index >= 15 is 0 Å². The van der Waals surface area contributed by atoms with E-state index in [1.807, 2.05) is 31.2 Å². The number of halogens is 1. The van der Waals surface area contributed by atoms with Gasteiger partial charge in [-0.2, -0.15) is 0 Å². The van der Waals surface area contributed by atoms with Gasteiger partial charge in [0.05, 0.1) is 12.8 Å². The van der Waals surface area contributed by atoms with Gasteiger partial charge in [-0.25, -0.2) is 0 Å². The summed E-state index contributed by atoms with van der Waals surface area (Å²) < 4.78 is 5.40. The number of hydrogen-bond acceptors (Lipinski definition) is 4. The van der Waals surface area contributed by atoms with Crippen molar-refractivity contribution >= 4 is 35.6 Å². The molecule has 1 atom stereocenters. The number of ether oxygens (including phenoxy) is 1. The van der Waals surface area contributed by atoms with E-state index in [2.05, 4.69) is 5.32 Å². The smallest absolute Gasteiger partial charge is 0.245 e. The Morgan fingerprint density at radius 2 is 1.89 bits per heavy atom. The third-order valence-electron chi connectivity index (χ3n) is 4.78. The molecule has 150 valence electrons. The standard InChI is InChI=1S/C21H25N3O3.ClH/c1-14-6-8-15(9-7-14)20(22)21(26)23-16-10-11-18(27-2)17(13-16)24-12-4-3-5-19(24)25;/h6-11,13,20H,3-5,12,22H2,1-2H3,(H,23,26);1H. The first kappa shape index (κ1) is 21.7. The number of benzene rings is 2. The second-order valence-corrected chi connectivity index (χ2v) is 6.77. The minimum Gasteiger partial charge on any atom is -0.495 e. The number of aryl methyl sites for hydroxylation is 1. The molecule has 2 amide bonds. The minimum absolute atomic E-state index is 0. The Balaban J connectivity index is 0.00000280.